The molecule has 2 aromatic rings. The number of aliphatic hydroxyl groups excluding tert-OH is 1. The van der Waals surface area contributed by atoms with E-state index in [-0.39, 0.29) is 24.4 Å². The number of carboxylic acids is 1. The first kappa shape index (κ1) is 18.8. The van der Waals surface area contributed by atoms with Crippen LogP contribution in [0.2, 0.25) is 0 Å². The van der Waals surface area contributed by atoms with Gasteiger partial charge in [0.05, 0.1) is 16.4 Å². The van der Waals surface area contributed by atoms with Gasteiger partial charge in [0.1, 0.15) is 0 Å². The van der Waals surface area contributed by atoms with Crippen molar-refractivity contribution in [2.45, 2.75) is 37.2 Å². The number of aliphatic hydroxyl groups is 1. The number of fused-ring (bicyclic) bond motifs is 1. The van der Waals surface area contributed by atoms with Crippen molar-refractivity contribution in [1.82, 2.24) is 4.31 Å². The number of hydrogen-bond acceptors (Lipinski definition) is 4. The summed E-state index contributed by atoms with van der Waals surface area (Å²) in [6, 6.07) is 12.4. The highest BCUT2D eigenvalue weighted by Crippen LogP contribution is 2.38. The lowest BCUT2D eigenvalue weighted by molar-refractivity contribution is -0.162. The molecule has 1 heterocycles. The highest BCUT2D eigenvalue weighted by atomic mass is 32.2. The molecule has 0 aromatic heterocycles. The van der Waals surface area contributed by atoms with Gasteiger partial charge in [-0.25, -0.2) is 8.42 Å². The first-order valence-corrected chi connectivity index (χ1v) is 10.2. The molecule has 0 aliphatic carbocycles. The zero-order valence-electron chi connectivity index (χ0n) is 14.6. The predicted octanol–water partition coefficient (Wildman–Crippen LogP) is 2.47. The van der Waals surface area contributed by atoms with Crippen molar-refractivity contribution in [1.29, 1.82) is 0 Å². The van der Waals surface area contributed by atoms with Crippen LogP contribution >= 0.6 is 0 Å². The second-order valence-corrected chi connectivity index (χ2v) is 8.79. The molecule has 0 spiro atoms. The molecule has 26 heavy (non-hydrogen) atoms. The lowest BCUT2D eigenvalue weighted by Gasteiger charge is -2.42. The quantitative estimate of drug-likeness (QED) is 0.835. The molecule has 2 aromatic carbocycles. The van der Waals surface area contributed by atoms with Crippen molar-refractivity contribution in [3.63, 3.8) is 0 Å². The van der Waals surface area contributed by atoms with Crippen molar-refractivity contribution in [3.8, 4) is 0 Å². The number of piperidine rings is 1. The average molecular weight is 377 g/mol. The molecule has 0 amide bonds. The number of nitrogens with zero attached hydrogens (tertiary/aromatic N) is 1. The van der Waals surface area contributed by atoms with Gasteiger partial charge in [0.15, 0.2) is 0 Å². The van der Waals surface area contributed by atoms with Crippen molar-refractivity contribution in [2.24, 2.45) is 5.41 Å². The zero-order valence-corrected chi connectivity index (χ0v) is 15.4. The van der Waals surface area contributed by atoms with E-state index in [9.17, 15) is 23.4 Å². The number of carbonyl (C=O) groups is 1. The van der Waals surface area contributed by atoms with Gasteiger partial charge in [-0.2, -0.15) is 4.31 Å². The standard InChI is InChI=1S/C19H23NO5S/c1-2-9-19(18(22)23)10-11-20(13-17(19)21)26(24,25)16-8-7-14-5-3-4-6-15(14)12-16/h3-8,12,17,21H,2,9-11,13H2,1H3,(H,22,23)/t17-,19-/m0/s1. The summed E-state index contributed by atoms with van der Waals surface area (Å²) in [6.45, 7) is 1.73. The Hall–Kier alpha value is -1.96. The summed E-state index contributed by atoms with van der Waals surface area (Å²) in [4.78, 5) is 11.9. The van der Waals surface area contributed by atoms with Crippen LogP contribution in [0.4, 0.5) is 0 Å². The molecule has 0 saturated carbocycles. The molecule has 0 unspecified atom stereocenters. The van der Waals surface area contributed by atoms with Crippen LogP contribution < -0.4 is 0 Å². The first-order valence-electron chi connectivity index (χ1n) is 8.71. The fourth-order valence-electron chi connectivity index (χ4n) is 3.74. The molecule has 1 aliphatic rings. The van der Waals surface area contributed by atoms with Gasteiger partial charge in [0.2, 0.25) is 10.0 Å². The number of sulfonamides is 1. The molecule has 7 heteroatoms. The van der Waals surface area contributed by atoms with Gasteiger partial charge >= 0.3 is 5.97 Å². The molecule has 1 saturated heterocycles. The Morgan fingerprint density at radius 3 is 2.54 bits per heavy atom. The van der Waals surface area contributed by atoms with Gasteiger partial charge in [-0.05, 0) is 35.7 Å². The number of benzene rings is 2. The van der Waals surface area contributed by atoms with Crippen molar-refractivity contribution in [2.75, 3.05) is 13.1 Å². The van der Waals surface area contributed by atoms with E-state index in [2.05, 4.69) is 0 Å². The Morgan fingerprint density at radius 1 is 1.23 bits per heavy atom. The maximum atomic E-state index is 13.0. The largest absolute Gasteiger partial charge is 0.481 e. The number of carboxylic acid groups (broad SMARTS) is 1. The minimum absolute atomic E-state index is 0.0819. The van der Waals surface area contributed by atoms with Gasteiger partial charge in [-0.3, -0.25) is 4.79 Å². The fourth-order valence-corrected chi connectivity index (χ4v) is 5.22. The topological polar surface area (TPSA) is 94.9 Å². The van der Waals surface area contributed by atoms with Gasteiger partial charge in [-0.15, -0.1) is 0 Å². The lowest BCUT2D eigenvalue weighted by atomic mass is 9.73. The van der Waals surface area contributed by atoms with E-state index in [0.717, 1.165) is 10.8 Å². The third kappa shape index (κ3) is 3.11. The minimum atomic E-state index is -3.80. The Labute approximate surface area is 153 Å². The maximum Gasteiger partial charge on any atom is 0.312 e. The third-order valence-electron chi connectivity index (χ3n) is 5.30. The van der Waals surface area contributed by atoms with Crippen molar-refractivity contribution >= 4 is 26.8 Å². The Morgan fingerprint density at radius 2 is 1.92 bits per heavy atom. The van der Waals surface area contributed by atoms with E-state index in [1.54, 1.807) is 18.2 Å². The Bertz CT molecular complexity index is 926. The van der Waals surface area contributed by atoms with Crippen LogP contribution in [0, 0.1) is 5.41 Å². The van der Waals surface area contributed by atoms with Gasteiger partial charge < -0.3 is 10.2 Å². The van der Waals surface area contributed by atoms with Crippen LogP contribution in [0.1, 0.15) is 26.2 Å². The Kier molecular flexibility index (Phi) is 5.05. The summed E-state index contributed by atoms with van der Waals surface area (Å²) in [5.41, 5.74) is -1.27. The van der Waals surface area contributed by atoms with E-state index < -0.39 is 27.5 Å². The van der Waals surface area contributed by atoms with Crippen LogP contribution in [0.25, 0.3) is 10.8 Å². The predicted molar refractivity (Wildman–Crippen MR) is 98.3 cm³/mol. The number of aliphatic carboxylic acids is 1. The summed E-state index contributed by atoms with van der Waals surface area (Å²) in [5, 5.41) is 21.8. The maximum absolute atomic E-state index is 13.0. The second kappa shape index (κ2) is 6.98. The number of hydrogen-bond donors (Lipinski definition) is 2. The molecular weight excluding hydrogens is 354 g/mol. The zero-order chi connectivity index (χ0) is 18.9. The normalized spacial score (nSPS) is 24.6. The van der Waals surface area contributed by atoms with Crippen LogP contribution in [-0.2, 0) is 14.8 Å². The first-order chi connectivity index (χ1) is 12.3. The number of rotatable bonds is 5. The molecular formula is C19H23NO5S. The van der Waals surface area contributed by atoms with Crippen molar-refractivity contribution < 1.29 is 23.4 Å². The smallest absolute Gasteiger partial charge is 0.312 e. The molecule has 6 nitrogen and oxygen atoms in total. The molecule has 1 fully saturated rings. The van der Waals surface area contributed by atoms with Crippen LogP contribution in [0.3, 0.4) is 0 Å². The fraction of sp³-hybridized carbons (Fsp3) is 0.421. The highest BCUT2D eigenvalue weighted by Gasteiger charge is 2.49. The van der Waals surface area contributed by atoms with E-state index >= 15 is 0 Å². The molecule has 0 radical (unpaired) electrons. The van der Waals surface area contributed by atoms with Crippen LogP contribution in [0.5, 0.6) is 0 Å². The van der Waals surface area contributed by atoms with Crippen LogP contribution in [-0.4, -0.2) is 48.1 Å². The molecule has 2 N–H and O–H groups in total. The van der Waals surface area contributed by atoms with E-state index in [4.69, 9.17) is 0 Å². The highest BCUT2D eigenvalue weighted by molar-refractivity contribution is 7.89. The summed E-state index contributed by atoms with van der Waals surface area (Å²) in [6.07, 6.45) is -0.192. The monoisotopic (exact) mass is 377 g/mol. The van der Waals surface area contributed by atoms with Crippen LogP contribution in [0.15, 0.2) is 47.4 Å². The second-order valence-electron chi connectivity index (χ2n) is 6.85. The third-order valence-corrected chi connectivity index (χ3v) is 7.16. The van der Waals surface area contributed by atoms with Gasteiger partial charge in [-0.1, -0.05) is 43.7 Å². The lowest BCUT2D eigenvalue weighted by Crippen LogP contribution is -2.55. The summed E-state index contributed by atoms with van der Waals surface area (Å²) >= 11 is 0. The minimum Gasteiger partial charge on any atom is -0.481 e. The van der Waals surface area contributed by atoms with Gasteiger partial charge in [0, 0.05) is 13.1 Å². The number of β-amino-alcohol motifs (C(OH)–C–C–N with tert-alkyl or cyclic N) is 1. The molecule has 0 bridgehead atoms. The average Bonchev–Trinajstić information content (AvgIpc) is 2.62. The Balaban J connectivity index is 1.90. The summed E-state index contributed by atoms with van der Waals surface area (Å²) < 4.78 is 27.2. The molecule has 2 atom stereocenters. The summed E-state index contributed by atoms with van der Waals surface area (Å²) in [7, 11) is -3.80. The molecule has 1 aliphatic heterocycles. The molecule has 140 valence electrons. The van der Waals surface area contributed by atoms with E-state index in [1.165, 1.54) is 4.31 Å². The van der Waals surface area contributed by atoms with E-state index in [0.29, 0.717) is 12.8 Å². The molecule has 3 rings (SSSR count). The SMILES string of the molecule is CCC[C@]1(C(=O)O)CCN(S(=O)(=O)c2ccc3ccccc3c2)C[C@@H]1O. The van der Waals surface area contributed by atoms with E-state index in [1.807, 2.05) is 31.2 Å². The van der Waals surface area contributed by atoms with Crippen molar-refractivity contribution in [3.05, 3.63) is 42.5 Å². The summed E-state index contributed by atoms with van der Waals surface area (Å²) in [5.74, 6) is -1.06. The van der Waals surface area contributed by atoms with Gasteiger partial charge in [0.25, 0.3) is 0 Å².